The normalized spacial score (nSPS) is 15.4. The van der Waals surface area contributed by atoms with Gasteiger partial charge in [-0.2, -0.15) is 0 Å². The summed E-state index contributed by atoms with van der Waals surface area (Å²) in [5.74, 6) is 1.20. The second-order valence-electron chi connectivity index (χ2n) is 7.21. The van der Waals surface area contributed by atoms with Crippen LogP contribution in [0.5, 0.6) is 0 Å². The summed E-state index contributed by atoms with van der Waals surface area (Å²) < 4.78 is 0. The Morgan fingerprint density at radius 1 is 1.11 bits per heavy atom. The average molecular weight is 372 g/mol. The van der Waals surface area contributed by atoms with E-state index in [4.69, 9.17) is 0 Å². The number of hydrogen-bond acceptors (Lipinski definition) is 4. The third kappa shape index (κ3) is 3.74. The van der Waals surface area contributed by atoms with Crippen molar-refractivity contribution >= 4 is 17.4 Å². The Bertz CT molecular complexity index is 987. The number of anilines is 2. The summed E-state index contributed by atoms with van der Waals surface area (Å²) in [7, 11) is 0. The number of aromatic nitrogens is 2. The first-order chi connectivity index (χ1) is 13.6. The summed E-state index contributed by atoms with van der Waals surface area (Å²) in [6.07, 6.45) is 1.76. The monoisotopic (exact) mass is 372 g/mol. The number of nitrogens with one attached hydrogen (secondary N) is 1. The lowest BCUT2D eigenvalue weighted by atomic mass is 10.1. The van der Waals surface area contributed by atoms with Crippen LogP contribution in [0.4, 0.5) is 11.5 Å². The average Bonchev–Trinajstić information content (AvgIpc) is 3.03. The van der Waals surface area contributed by atoms with E-state index in [1.54, 1.807) is 6.07 Å². The Kier molecular flexibility index (Phi) is 5.06. The van der Waals surface area contributed by atoms with Crippen molar-refractivity contribution < 1.29 is 4.79 Å². The van der Waals surface area contributed by atoms with Gasteiger partial charge in [0.25, 0.3) is 5.91 Å². The molecule has 5 nitrogen and oxygen atoms in total. The van der Waals surface area contributed by atoms with Crippen LogP contribution in [0.25, 0.3) is 0 Å². The van der Waals surface area contributed by atoms with E-state index >= 15 is 0 Å². The van der Waals surface area contributed by atoms with Crippen LogP contribution in [0, 0.1) is 6.92 Å². The van der Waals surface area contributed by atoms with E-state index < -0.39 is 0 Å². The van der Waals surface area contributed by atoms with E-state index in [-0.39, 0.29) is 11.9 Å². The molecule has 1 aliphatic rings. The van der Waals surface area contributed by atoms with Crippen molar-refractivity contribution in [1.82, 2.24) is 9.97 Å². The third-order valence-electron chi connectivity index (χ3n) is 5.05. The highest BCUT2D eigenvalue weighted by Gasteiger charge is 2.32. The van der Waals surface area contributed by atoms with Crippen molar-refractivity contribution in [2.45, 2.75) is 32.7 Å². The molecular weight excluding hydrogens is 348 g/mol. The summed E-state index contributed by atoms with van der Waals surface area (Å²) >= 11 is 0. The number of amides is 1. The molecule has 5 heteroatoms. The molecule has 0 radical (unpaired) electrons. The predicted octanol–water partition coefficient (Wildman–Crippen LogP) is 4.03. The first kappa shape index (κ1) is 18.2. The molecule has 3 aromatic rings. The number of aryl methyl sites for hydroxylation is 1. The summed E-state index contributed by atoms with van der Waals surface area (Å²) in [6.45, 7) is 4.64. The van der Waals surface area contributed by atoms with Crippen LogP contribution in [0.2, 0.25) is 0 Å². The molecule has 1 atom stereocenters. The number of benzene rings is 2. The molecule has 1 aromatic heterocycles. The van der Waals surface area contributed by atoms with E-state index in [0.29, 0.717) is 17.3 Å². The van der Waals surface area contributed by atoms with Gasteiger partial charge in [-0.1, -0.05) is 48.5 Å². The number of hydrogen-bond donors (Lipinski definition) is 1. The Balaban J connectivity index is 1.51. The minimum absolute atomic E-state index is 0.0749. The van der Waals surface area contributed by atoms with Gasteiger partial charge in [-0.05, 0) is 43.9 Å². The van der Waals surface area contributed by atoms with Crippen molar-refractivity contribution in [2.75, 3.05) is 16.8 Å². The summed E-state index contributed by atoms with van der Waals surface area (Å²) in [5.41, 5.74) is 3.88. The SMILES string of the molecule is Cc1nc(NCCc2ccccc2)cc(C(=O)N2c3ccccc3CC2C)n1. The Morgan fingerprint density at radius 3 is 2.68 bits per heavy atom. The topological polar surface area (TPSA) is 58.1 Å². The van der Waals surface area contributed by atoms with Gasteiger partial charge >= 0.3 is 0 Å². The van der Waals surface area contributed by atoms with Crippen LogP contribution in [0.15, 0.2) is 60.7 Å². The lowest BCUT2D eigenvalue weighted by Crippen LogP contribution is -2.36. The van der Waals surface area contributed by atoms with Crippen LogP contribution in [-0.2, 0) is 12.8 Å². The molecule has 0 saturated heterocycles. The molecule has 0 spiro atoms. The van der Waals surface area contributed by atoms with E-state index in [9.17, 15) is 4.79 Å². The van der Waals surface area contributed by atoms with E-state index in [2.05, 4.69) is 40.4 Å². The summed E-state index contributed by atoms with van der Waals surface area (Å²) in [4.78, 5) is 23.9. The van der Waals surface area contributed by atoms with E-state index in [1.807, 2.05) is 48.2 Å². The maximum Gasteiger partial charge on any atom is 0.277 e. The largest absolute Gasteiger partial charge is 0.370 e. The lowest BCUT2D eigenvalue weighted by molar-refractivity contribution is 0.0976. The van der Waals surface area contributed by atoms with Gasteiger partial charge in [0.15, 0.2) is 0 Å². The second kappa shape index (κ2) is 7.80. The zero-order valence-corrected chi connectivity index (χ0v) is 16.2. The fraction of sp³-hybridized carbons (Fsp3) is 0.261. The molecule has 1 aliphatic heterocycles. The first-order valence-electron chi connectivity index (χ1n) is 9.67. The molecule has 0 fully saturated rings. The zero-order chi connectivity index (χ0) is 19.5. The van der Waals surface area contributed by atoms with Gasteiger partial charge in [0.1, 0.15) is 17.3 Å². The highest BCUT2D eigenvalue weighted by atomic mass is 16.2. The van der Waals surface area contributed by atoms with Gasteiger partial charge in [0.05, 0.1) is 0 Å². The molecular formula is C23H24N4O. The summed E-state index contributed by atoms with van der Waals surface area (Å²) in [5, 5.41) is 3.33. The maximum absolute atomic E-state index is 13.2. The van der Waals surface area contributed by atoms with Crippen LogP contribution < -0.4 is 10.2 Å². The number of carbonyl (C=O) groups is 1. The van der Waals surface area contributed by atoms with Gasteiger partial charge in [-0.3, -0.25) is 4.79 Å². The van der Waals surface area contributed by atoms with Crippen LogP contribution in [0.1, 0.15) is 34.4 Å². The fourth-order valence-electron chi connectivity index (χ4n) is 3.75. The number of nitrogens with zero attached hydrogens (tertiary/aromatic N) is 3. The molecule has 0 bridgehead atoms. The predicted molar refractivity (Wildman–Crippen MR) is 112 cm³/mol. The molecule has 4 rings (SSSR count). The maximum atomic E-state index is 13.2. The van der Waals surface area contributed by atoms with Crippen molar-refractivity contribution in [2.24, 2.45) is 0 Å². The molecule has 1 N–H and O–H groups in total. The van der Waals surface area contributed by atoms with Crippen molar-refractivity contribution in [3.63, 3.8) is 0 Å². The first-order valence-corrected chi connectivity index (χ1v) is 9.67. The van der Waals surface area contributed by atoms with Crippen LogP contribution >= 0.6 is 0 Å². The molecule has 0 aliphatic carbocycles. The highest BCUT2D eigenvalue weighted by molar-refractivity contribution is 6.06. The van der Waals surface area contributed by atoms with E-state index in [1.165, 1.54) is 11.1 Å². The molecule has 0 saturated carbocycles. The molecule has 1 unspecified atom stereocenters. The van der Waals surface area contributed by atoms with Crippen molar-refractivity contribution in [3.8, 4) is 0 Å². The number of fused-ring (bicyclic) bond motifs is 1. The minimum Gasteiger partial charge on any atom is -0.370 e. The number of rotatable bonds is 5. The number of para-hydroxylation sites is 1. The molecule has 2 heterocycles. The lowest BCUT2D eigenvalue weighted by Gasteiger charge is -2.22. The summed E-state index contributed by atoms with van der Waals surface area (Å²) in [6, 6.07) is 20.3. The smallest absolute Gasteiger partial charge is 0.277 e. The molecule has 1 amide bonds. The van der Waals surface area contributed by atoms with Gasteiger partial charge in [0.2, 0.25) is 0 Å². The standard InChI is InChI=1S/C23H24N4O/c1-16-14-19-10-6-7-11-21(19)27(16)23(28)20-15-22(26-17(2)25-20)24-13-12-18-8-4-3-5-9-18/h3-11,15-16H,12-14H2,1-2H3,(H,24,25,26). The van der Waals surface area contributed by atoms with Crippen LogP contribution in [-0.4, -0.2) is 28.5 Å². The molecule has 2 aromatic carbocycles. The van der Waals surface area contributed by atoms with Gasteiger partial charge in [-0.15, -0.1) is 0 Å². The zero-order valence-electron chi connectivity index (χ0n) is 16.2. The third-order valence-corrected chi connectivity index (χ3v) is 5.05. The molecule has 142 valence electrons. The highest BCUT2D eigenvalue weighted by Crippen LogP contribution is 2.33. The van der Waals surface area contributed by atoms with E-state index in [0.717, 1.165) is 25.1 Å². The quantitative estimate of drug-likeness (QED) is 0.735. The second-order valence-corrected chi connectivity index (χ2v) is 7.21. The Hall–Kier alpha value is -3.21. The Labute approximate surface area is 165 Å². The fourth-order valence-corrected chi connectivity index (χ4v) is 3.75. The van der Waals surface area contributed by atoms with Gasteiger partial charge in [-0.25, -0.2) is 9.97 Å². The van der Waals surface area contributed by atoms with Gasteiger partial charge in [0, 0.05) is 24.3 Å². The van der Waals surface area contributed by atoms with Crippen LogP contribution in [0.3, 0.4) is 0 Å². The minimum atomic E-state index is -0.0749. The van der Waals surface area contributed by atoms with Crippen molar-refractivity contribution in [3.05, 3.63) is 83.3 Å². The number of carbonyl (C=O) groups excluding carboxylic acids is 1. The van der Waals surface area contributed by atoms with Gasteiger partial charge < -0.3 is 10.2 Å². The molecule has 28 heavy (non-hydrogen) atoms. The Morgan fingerprint density at radius 2 is 1.86 bits per heavy atom. The van der Waals surface area contributed by atoms with Crippen molar-refractivity contribution in [1.29, 1.82) is 0 Å².